The van der Waals surface area contributed by atoms with Crippen LogP contribution in [0.1, 0.15) is 0 Å². The van der Waals surface area contributed by atoms with Crippen LogP contribution in [0.4, 0.5) is 0 Å². The zero-order chi connectivity index (χ0) is 32.8. The summed E-state index contributed by atoms with van der Waals surface area (Å²) in [4.78, 5) is 0. The number of rotatable bonds is 3. The van der Waals surface area contributed by atoms with Gasteiger partial charge >= 0.3 is 0 Å². The maximum Gasteiger partial charge on any atom is 0.144 e. The van der Waals surface area contributed by atoms with Gasteiger partial charge in [-0.05, 0) is 84.9 Å². The summed E-state index contributed by atoms with van der Waals surface area (Å²) < 4.78 is 9.45. The van der Waals surface area contributed by atoms with Crippen molar-refractivity contribution in [3.05, 3.63) is 170 Å². The van der Waals surface area contributed by atoms with Crippen molar-refractivity contribution in [1.29, 1.82) is 0 Å². The molecule has 2 heterocycles. The van der Waals surface area contributed by atoms with E-state index in [1.54, 1.807) is 0 Å². The minimum Gasteiger partial charge on any atom is -0.455 e. The molecule has 9 aromatic carbocycles. The molecule has 50 heavy (non-hydrogen) atoms. The Bertz CT molecular complexity index is 3100. The van der Waals surface area contributed by atoms with Crippen LogP contribution in [0, 0.1) is 0 Å². The van der Waals surface area contributed by atoms with Crippen molar-refractivity contribution in [1.82, 2.24) is 0 Å². The average molecular weight is 653 g/mol. The Morgan fingerprint density at radius 2 is 0.960 bits per heavy atom. The van der Waals surface area contributed by atoms with Crippen molar-refractivity contribution in [3.63, 3.8) is 0 Å². The van der Waals surface area contributed by atoms with Gasteiger partial charge in [0.2, 0.25) is 0 Å². The molecule has 0 unspecified atom stereocenters. The molecule has 0 atom stereocenters. The van der Waals surface area contributed by atoms with E-state index >= 15 is 0 Å². The molecule has 0 amide bonds. The molecule has 0 N–H and O–H groups in total. The average Bonchev–Trinajstić information content (AvgIpc) is 3.75. The maximum absolute atomic E-state index is 6.88. The van der Waals surface area contributed by atoms with Crippen LogP contribution in [-0.2, 0) is 0 Å². The summed E-state index contributed by atoms with van der Waals surface area (Å²) >= 11 is 1.87. The lowest BCUT2D eigenvalue weighted by Crippen LogP contribution is -1.91. The largest absolute Gasteiger partial charge is 0.455 e. The first-order valence-corrected chi connectivity index (χ1v) is 17.9. The summed E-state index contributed by atoms with van der Waals surface area (Å²) in [6.07, 6.45) is 0. The molecule has 2 heteroatoms. The van der Waals surface area contributed by atoms with Gasteiger partial charge in [0.25, 0.3) is 0 Å². The molecular formula is C48H28OS. The number of hydrogen-bond donors (Lipinski definition) is 0. The normalized spacial score (nSPS) is 12.0. The summed E-state index contributed by atoms with van der Waals surface area (Å²) in [6.45, 7) is 0. The Morgan fingerprint density at radius 3 is 1.74 bits per heavy atom. The lowest BCUT2D eigenvalue weighted by Gasteiger charge is -2.18. The Balaban J connectivity index is 1.23. The van der Waals surface area contributed by atoms with E-state index in [0.717, 1.165) is 22.1 Å². The van der Waals surface area contributed by atoms with E-state index in [9.17, 15) is 0 Å². The van der Waals surface area contributed by atoms with E-state index in [1.807, 2.05) is 11.3 Å². The number of thiophene rings is 1. The maximum atomic E-state index is 6.88. The molecule has 0 aliphatic carbocycles. The monoisotopic (exact) mass is 652 g/mol. The van der Waals surface area contributed by atoms with E-state index in [-0.39, 0.29) is 0 Å². The highest BCUT2D eigenvalue weighted by molar-refractivity contribution is 7.26. The molecule has 0 fully saturated rings. The first kappa shape index (κ1) is 27.7. The molecule has 11 rings (SSSR count). The SMILES string of the molecule is c1cc(-c2ccc3ccccc3c2)cc(-c2c3ccccc3c(-c3cc4sc5ccccc5c4c4c3oc3ccccc34)c3ccccc23)c1. The molecule has 0 aliphatic rings. The van der Waals surface area contributed by atoms with Gasteiger partial charge in [0.1, 0.15) is 11.2 Å². The third kappa shape index (κ3) is 4.00. The van der Waals surface area contributed by atoms with E-state index in [1.165, 1.54) is 85.7 Å². The number of para-hydroxylation sites is 1. The fourth-order valence-electron chi connectivity index (χ4n) is 8.24. The standard InChI is InChI=1S/C48H28OS/c1-2-13-30-26-32(25-24-29(30)12-1)31-14-11-15-33(27-31)44-34-16-3-5-18-36(34)45(37-19-6-4-17-35(37)44)40-28-43-46(39-21-8-10-23-42(39)50-43)47-38-20-7-9-22-41(38)49-48(40)47/h1-28H. The summed E-state index contributed by atoms with van der Waals surface area (Å²) in [7, 11) is 0. The number of benzene rings is 9. The molecule has 0 spiro atoms. The smallest absolute Gasteiger partial charge is 0.144 e. The van der Waals surface area contributed by atoms with Gasteiger partial charge in [-0.25, -0.2) is 0 Å². The Morgan fingerprint density at radius 1 is 0.360 bits per heavy atom. The van der Waals surface area contributed by atoms with E-state index in [2.05, 4.69) is 170 Å². The van der Waals surface area contributed by atoms with Crippen molar-refractivity contribution < 1.29 is 4.42 Å². The first-order valence-electron chi connectivity index (χ1n) is 17.1. The van der Waals surface area contributed by atoms with Gasteiger partial charge < -0.3 is 4.42 Å². The van der Waals surface area contributed by atoms with Crippen LogP contribution in [0.3, 0.4) is 0 Å². The fraction of sp³-hybridized carbons (Fsp3) is 0. The Hall–Kier alpha value is -6.22. The highest BCUT2D eigenvalue weighted by atomic mass is 32.1. The molecule has 0 radical (unpaired) electrons. The van der Waals surface area contributed by atoms with Gasteiger partial charge in [0, 0.05) is 42.1 Å². The highest BCUT2D eigenvalue weighted by Crippen LogP contribution is 2.50. The van der Waals surface area contributed by atoms with Gasteiger partial charge in [-0.3, -0.25) is 0 Å². The number of fused-ring (bicyclic) bond motifs is 10. The van der Waals surface area contributed by atoms with E-state index in [0.29, 0.717) is 0 Å². The molecule has 11 aromatic rings. The van der Waals surface area contributed by atoms with Gasteiger partial charge in [0.15, 0.2) is 0 Å². The van der Waals surface area contributed by atoms with Gasteiger partial charge in [-0.1, -0.05) is 140 Å². The lowest BCUT2D eigenvalue weighted by atomic mass is 9.84. The van der Waals surface area contributed by atoms with Crippen molar-refractivity contribution in [2.75, 3.05) is 0 Å². The van der Waals surface area contributed by atoms with E-state index < -0.39 is 0 Å². The molecule has 2 aromatic heterocycles. The highest BCUT2D eigenvalue weighted by Gasteiger charge is 2.23. The topological polar surface area (TPSA) is 13.1 Å². The predicted octanol–water partition coefficient (Wildman–Crippen LogP) is 14.4. The second-order valence-electron chi connectivity index (χ2n) is 13.2. The molecule has 0 saturated heterocycles. The summed E-state index contributed by atoms with van der Waals surface area (Å²) in [5, 5.41) is 12.3. The first-order chi connectivity index (χ1) is 24.8. The molecule has 0 bridgehead atoms. The molecular weight excluding hydrogens is 625 g/mol. The third-order valence-corrected chi connectivity index (χ3v) is 11.5. The van der Waals surface area contributed by atoms with Gasteiger partial charge in [0.05, 0.1) is 0 Å². The van der Waals surface area contributed by atoms with Crippen molar-refractivity contribution >= 4 is 85.8 Å². The van der Waals surface area contributed by atoms with Crippen LogP contribution in [0.2, 0.25) is 0 Å². The van der Waals surface area contributed by atoms with Gasteiger partial charge in [-0.15, -0.1) is 11.3 Å². The van der Waals surface area contributed by atoms with Crippen LogP contribution < -0.4 is 0 Å². The second kappa shape index (κ2) is 10.6. The summed E-state index contributed by atoms with van der Waals surface area (Å²) in [5.41, 5.74) is 9.12. The quantitative estimate of drug-likeness (QED) is 0.173. The van der Waals surface area contributed by atoms with Crippen molar-refractivity contribution in [2.45, 2.75) is 0 Å². The molecule has 0 saturated carbocycles. The lowest BCUT2D eigenvalue weighted by molar-refractivity contribution is 0.670. The van der Waals surface area contributed by atoms with Crippen LogP contribution in [0.25, 0.3) is 108 Å². The third-order valence-electron chi connectivity index (χ3n) is 10.4. The minimum atomic E-state index is 0.919. The zero-order valence-electron chi connectivity index (χ0n) is 27.0. The predicted molar refractivity (Wildman–Crippen MR) is 215 cm³/mol. The van der Waals surface area contributed by atoms with Crippen LogP contribution in [0.5, 0.6) is 0 Å². The summed E-state index contributed by atoms with van der Waals surface area (Å²) in [6, 6.07) is 61.9. The summed E-state index contributed by atoms with van der Waals surface area (Å²) in [5.74, 6) is 0. The molecule has 1 nitrogen and oxygen atoms in total. The minimum absolute atomic E-state index is 0.919. The van der Waals surface area contributed by atoms with Gasteiger partial charge in [-0.2, -0.15) is 0 Å². The van der Waals surface area contributed by atoms with Crippen LogP contribution in [0.15, 0.2) is 174 Å². The fourth-order valence-corrected chi connectivity index (χ4v) is 9.40. The zero-order valence-corrected chi connectivity index (χ0v) is 27.8. The van der Waals surface area contributed by atoms with E-state index in [4.69, 9.17) is 4.42 Å². The molecule has 0 aliphatic heterocycles. The number of furan rings is 1. The second-order valence-corrected chi connectivity index (χ2v) is 14.3. The number of hydrogen-bond acceptors (Lipinski definition) is 2. The van der Waals surface area contributed by atoms with Crippen molar-refractivity contribution in [2.24, 2.45) is 0 Å². The van der Waals surface area contributed by atoms with Crippen molar-refractivity contribution in [3.8, 4) is 33.4 Å². The van der Waals surface area contributed by atoms with Crippen LogP contribution >= 0.6 is 11.3 Å². The Labute approximate surface area is 292 Å². The van der Waals surface area contributed by atoms with Crippen LogP contribution in [-0.4, -0.2) is 0 Å². The molecule has 232 valence electrons. The Kier molecular flexibility index (Phi) is 5.89.